The molecule has 7 heteroatoms. The highest BCUT2D eigenvalue weighted by atomic mass is 35.5. The molecule has 0 aliphatic rings. The van der Waals surface area contributed by atoms with E-state index >= 15 is 0 Å². The molecule has 0 fully saturated rings. The number of hydrogen-bond acceptors (Lipinski definition) is 6. The molecule has 0 heterocycles. The van der Waals surface area contributed by atoms with Crippen LogP contribution in [0.2, 0.25) is 5.02 Å². The number of halogens is 1. The minimum Gasteiger partial charge on any atom is -0.457 e. The molecule has 26 heavy (non-hydrogen) atoms. The Balaban J connectivity index is 2.38. The van der Waals surface area contributed by atoms with E-state index in [2.05, 4.69) is 0 Å². The van der Waals surface area contributed by atoms with Crippen molar-refractivity contribution in [1.82, 2.24) is 0 Å². The second-order valence-electron chi connectivity index (χ2n) is 7.07. The smallest absolute Gasteiger partial charge is 0.346 e. The van der Waals surface area contributed by atoms with Gasteiger partial charge in [-0.2, -0.15) is 0 Å². The van der Waals surface area contributed by atoms with Crippen LogP contribution in [0.25, 0.3) is 0 Å². The van der Waals surface area contributed by atoms with Gasteiger partial charge in [0, 0.05) is 5.02 Å². The van der Waals surface area contributed by atoms with Crippen molar-refractivity contribution in [3.63, 3.8) is 0 Å². The molecule has 2 aromatic carbocycles. The highest BCUT2D eigenvalue weighted by Gasteiger charge is 2.36. The number of benzene rings is 2. The highest BCUT2D eigenvalue weighted by Crippen LogP contribution is 2.29. The van der Waals surface area contributed by atoms with Crippen molar-refractivity contribution in [2.24, 2.45) is 17.4 Å². The van der Waals surface area contributed by atoms with Crippen LogP contribution in [0.15, 0.2) is 48.5 Å². The zero-order valence-corrected chi connectivity index (χ0v) is 15.8. The number of nitrogens with two attached hydrogens (primary N) is 3. The number of ether oxygens (including phenoxy) is 1. The van der Waals surface area contributed by atoms with Gasteiger partial charge in [-0.05, 0) is 55.7 Å². The van der Waals surface area contributed by atoms with Crippen molar-refractivity contribution in [3.05, 3.63) is 70.2 Å². The van der Waals surface area contributed by atoms with Gasteiger partial charge in [0.15, 0.2) is 5.66 Å². The summed E-state index contributed by atoms with van der Waals surface area (Å²) in [6.45, 7) is 5.23. The van der Waals surface area contributed by atoms with Gasteiger partial charge in [0.25, 0.3) is 0 Å². The number of esters is 1. The van der Waals surface area contributed by atoms with Gasteiger partial charge in [-0.3, -0.25) is 4.84 Å². The van der Waals surface area contributed by atoms with Crippen molar-refractivity contribution in [2.45, 2.75) is 38.1 Å². The summed E-state index contributed by atoms with van der Waals surface area (Å²) < 4.78 is 5.32. The summed E-state index contributed by atoms with van der Waals surface area (Å²) in [4.78, 5) is 17.5. The molecule has 0 aliphatic heterocycles. The van der Waals surface area contributed by atoms with Gasteiger partial charge in [0.05, 0.1) is 0 Å². The van der Waals surface area contributed by atoms with Gasteiger partial charge in [0.1, 0.15) is 11.7 Å². The van der Waals surface area contributed by atoms with Crippen LogP contribution in [-0.2, 0) is 20.0 Å². The van der Waals surface area contributed by atoms with Gasteiger partial charge in [-0.1, -0.05) is 41.9 Å². The van der Waals surface area contributed by atoms with Crippen molar-refractivity contribution >= 4 is 17.6 Å². The summed E-state index contributed by atoms with van der Waals surface area (Å²) in [6.07, 6.45) is -0.594. The van der Waals surface area contributed by atoms with E-state index in [-0.39, 0.29) is 0 Å². The van der Waals surface area contributed by atoms with E-state index in [0.29, 0.717) is 16.1 Å². The summed E-state index contributed by atoms with van der Waals surface area (Å²) in [5, 5.41) is 0.557. The molecule has 0 spiro atoms. The summed E-state index contributed by atoms with van der Waals surface area (Å²) in [5.74, 6) is 4.77. The predicted octanol–water partition coefficient (Wildman–Crippen LogP) is 2.73. The Morgan fingerprint density at radius 1 is 1.04 bits per heavy atom. The molecule has 2 rings (SSSR count). The van der Waals surface area contributed by atoms with Gasteiger partial charge in [0.2, 0.25) is 0 Å². The fraction of sp³-hybridized carbons (Fsp3) is 0.316. The first-order valence-corrected chi connectivity index (χ1v) is 8.45. The number of hydrogen-bond donors (Lipinski definition) is 3. The van der Waals surface area contributed by atoms with Crippen LogP contribution in [0.1, 0.15) is 43.6 Å². The van der Waals surface area contributed by atoms with E-state index in [1.807, 2.05) is 6.07 Å². The molecule has 1 atom stereocenters. The molecule has 0 aliphatic carbocycles. The first-order valence-electron chi connectivity index (χ1n) is 8.07. The summed E-state index contributed by atoms with van der Waals surface area (Å²) in [6, 6.07) is 14.0. The molecule has 1 unspecified atom stereocenters. The monoisotopic (exact) mass is 377 g/mol. The third-order valence-corrected chi connectivity index (χ3v) is 3.93. The molecule has 0 radical (unpaired) electrons. The number of rotatable bonds is 5. The van der Waals surface area contributed by atoms with Crippen molar-refractivity contribution in [2.75, 3.05) is 0 Å². The minimum absolute atomic E-state index is 0.383. The summed E-state index contributed by atoms with van der Waals surface area (Å²) in [5.41, 5.74) is 11.4. The Kier molecular flexibility index (Phi) is 6.05. The van der Waals surface area contributed by atoms with E-state index in [4.69, 9.17) is 38.5 Å². The maximum atomic E-state index is 12.4. The van der Waals surface area contributed by atoms with Crippen LogP contribution in [0.5, 0.6) is 0 Å². The maximum absolute atomic E-state index is 12.4. The Bertz CT molecular complexity index is 788. The third kappa shape index (κ3) is 4.81. The molecule has 0 saturated heterocycles. The lowest BCUT2D eigenvalue weighted by Crippen LogP contribution is -2.55. The minimum atomic E-state index is -1.81. The average molecular weight is 378 g/mol. The standard InChI is InChI=1S/C19H24ClN3O3/c1-18(2,3)25-17(24)19(21,22)14-8-4-6-12(10-14)16(26-23)13-7-5-9-15(20)11-13/h4-11,16H,21-23H2,1-3H3. The van der Waals surface area contributed by atoms with Crippen LogP contribution in [0.3, 0.4) is 0 Å². The van der Waals surface area contributed by atoms with E-state index in [0.717, 1.165) is 5.56 Å². The van der Waals surface area contributed by atoms with Gasteiger partial charge >= 0.3 is 5.97 Å². The van der Waals surface area contributed by atoms with Crippen LogP contribution in [-0.4, -0.2) is 11.6 Å². The topological polar surface area (TPSA) is 114 Å². The van der Waals surface area contributed by atoms with Crippen LogP contribution >= 0.6 is 11.6 Å². The quantitative estimate of drug-likeness (QED) is 0.419. The molecular weight excluding hydrogens is 354 g/mol. The lowest BCUT2D eigenvalue weighted by atomic mass is 9.94. The molecule has 2 aromatic rings. The van der Waals surface area contributed by atoms with Crippen LogP contribution in [0, 0.1) is 0 Å². The lowest BCUT2D eigenvalue weighted by Gasteiger charge is -2.29. The first kappa shape index (κ1) is 20.4. The molecule has 6 N–H and O–H groups in total. The second kappa shape index (κ2) is 7.73. The second-order valence-corrected chi connectivity index (χ2v) is 7.50. The maximum Gasteiger partial charge on any atom is 0.346 e. The molecule has 0 saturated carbocycles. The third-order valence-electron chi connectivity index (χ3n) is 3.69. The van der Waals surface area contributed by atoms with E-state index < -0.39 is 23.3 Å². The average Bonchev–Trinajstić information content (AvgIpc) is 2.54. The summed E-state index contributed by atoms with van der Waals surface area (Å²) in [7, 11) is 0. The SMILES string of the molecule is CC(C)(C)OC(=O)C(N)(N)c1cccc(C(ON)c2cccc(Cl)c2)c1. The fourth-order valence-corrected chi connectivity index (χ4v) is 2.66. The zero-order valence-electron chi connectivity index (χ0n) is 15.0. The Morgan fingerprint density at radius 3 is 2.15 bits per heavy atom. The lowest BCUT2D eigenvalue weighted by molar-refractivity contribution is -0.162. The number of carbonyl (C=O) groups excluding carboxylic acids is 1. The Hall–Kier alpha value is -1.96. The first-order chi connectivity index (χ1) is 12.0. The van der Waals surface area contributed by atoms with Crippen molar-refractivity contribution < 1.29 is 14.4 Å². The van der Waals surface area contributed by atoms with Gasteiger partial charge < -0.3 is 16.2 Å². The molecule has 0 aromatic heterocycles. The molecular formula is C19H24ClN3O3. The number of carbonyl (C=O) groups is 1. The molecule has 6 nitrogen and oxygen atoms in total. The van der Waals surface area contributed by atoms with Gasteiger partial charge in [-0.25, -0.2) is 10.7 Å². The zero-order chi connectivity index (χ0) is 19.5. The fourth-order valence-electron chi connectivity index (χ4n) is 2.46. The molecule has 140 valence electrons. The highest BCUT2D eigenvalue weighted by molar-refractivity contribution is 6.30. The normalized spacial score (nSPS) is 13.3. The van der Waals surface area contributed by atoms with Crippen LogP contribution < -0.4 is 17.4 Å². The molecule has 0 amide bonds. The van der Waals surface area contributed by atoms with E-state index in [1.54, 1.807) is 63.2 Å². The summed E-state index contributed by atoms with van der Waals surface area (Å²) >= 11 is 6.04. The molecule has 0 bridgehead atoms. The predicted molar refractivity (Wildman–Crippen MR) is 101 cm³/mol. The van der Waals surface area contributed by atoms with Crippen molar-refractivity contribution in [1.29, 1.82) is 0 Å². The van der Waals surface area contributed by atoms with E-state index in [9.17, 15) is 4.79 Å². The Labute approximate surface area is 158 Å². The van der Waals surface area contributed by atoms with Gasteiger partial charge in [-0.15, -0.1) is 0 Å². The largest absolute Gasteiger partial charge is 0.457 e. The Morgan fingerprint density at radius 2 is 1.62 bits per heavy atom. The van der Waals surface area contributed by atoms with Crippen molar-refractivity contribution in [3.8, 4) is 0 Å². The van der Waals surface area contributed by atoms with Crippen LogP contribution in [0.4, 0.5) is 0 Å². The van der Waals surface area contributed by atoms with E-state index in [1.165, 1.54) is 0 Å².